The summed E-state index contributed by atoms with van der Waals surface area (Å²) in [7, 11) is 0. The van der Waals surface area contributed by atoms with Crippen LogP contribution in [0, 0.1) is 0 Å². The fourth-order valence-corrected chi connectivity index (χ4v) is 0.687. The van der Waals surface area contributed by atoms with Crippen molar-refractivity contribution >= 4 is 0 Å². The van der Waals surface area contributed by atoms with Gasteiger partial charge in [0, 0.05) is 12.5 Å². The van der Waals surface area contributed by atoms with Crippen LogP contribution in [0.25, 0.3) is 0 Å². The van der Waals surface area contributed by atoms with E-state index in [0.717, 1.165) is 18.5 Å². The monoisotopic (exact) mass is 141 g/mol. The van der Waals surface area contributed by atoms with Gasteiger partial charge in [0.2, 0.25) is 0 Å². The molecule has 4 heteroatoms. The van der Waals surface area contributed by atoms with Crippen LogP contribution in [0.5, 0.6) is 0 Å². The third-order valence-electron chi connectivity index (χ3n) is 1.40. The van der Waals surface area contributed by atoms with E-state index in [1.165, 1.54) is 0 Å². The van der Waals surface area contributed by atoms with Crippen LogP contribution in [0.2, 0.25) is 0 Å². The molecule has 0 aliphatic heterocycles. The molecule has 0 aliphatic carbocycles. The van der Waals surface area contributed by atoms with Crippen LogP contribution in [0.1, 0.15) is 19.0 Å². The molecule has 1 aromatic rings. The summed E-state index contributed by atoms with van der Waals surface area (Å²) >= 11 is 0. The molecule has 0 radical (unpaired) electrons. The van der Waals surface area contributed by atoms with Crippen LogP contribution < -0.4 is 5.73 Å². The highest BCUT2D eigenvalue weighted by atomic mass is 16.6. The van der Waals surface area contributed by atoms with Crippen LogP contribution in [-0.2, 0) is 6.42 Å². The lowest BCUT2D eigenvalue weighted by atomic mass is 10.1. The second-order valence-electron chi connectivity index (χ2n) is 2.27. The Morgan fingerprint density at radius 1 is 1.80 bits per heavy atom. The van der Waals surface area contributed by atoms with Gasteiger partial charge in [0.1, 0.15) is 5.69 Å². The summed E-state index contributed by atoms with van der Waals surface area (Å²) < 4.78 is 4.40. The van der Waals surface area contributed by atoms with Gasteiger partial charge in [-0.3, -0.25) is 0 Å². The molecule has 0 amide bonds. The summed E-state index contributed by atoms with van der Waals surface area (Å²) in [4.78, 5) is 0. The highest BCUT2D eigenvalue weighted by molar-refractivity contribution is 4.92. The Morgan fingerprint density at radius 3 is 3.10 bits per heavy atom. The first-order valence-corrected chi connectivity index (χ1v) is 3.35. The third kappa shape index (κ3) is 1.80. The van der Waals surface area contributed by atoms with Crippen molar-refractivity contribution in [2.24, 2.45) is 5.73 Å². The molecule has 0 fully saturated rings. The average molecular weight is 141 g/mol. The van der Waals surface area contributed by atoms with Crippen LogP contribution in [0.4, 0.5) is 0 Å². The fourth-order valence-electron chi connectivity index (χ4n) is 0.687. The Bertz CT molecular complexity index is 173. The molecular formula is C6H11N3O. The number of rotatable bonds is 3. The van der Waals surface area contributed by atoms with E-state index in [4.69, 9.17) is 5.73 Å². The van der Waals surface area contributed by atoms with Crippen molar-refractivity contribution in [2.45, 2.75) is 25.8 Å². The predicted molar refractivity (Wildman–Crippen MR) is 36.3 cm³/mol. The van der Waals surface area contributed by atoms with Crippen LogP contribution in [0.15, 0.2) is 10.8 Å². The molecule has 10 heavy (non-hydrogen) atoms. The quantitative estimate of drug-likeness (QED) is 0.659. The van der Waals surface area contributed by atoms with Crippen LogP contribution in [0.3, 0.4) is 0 Å². The van der Waals surface area contributed by atoms with Crippen molar-refractivity contribution in [1.82, 2.24) is 10.3 Å². The first-order valence-electron chi connectivity index (χ1n) is 3.35. The van der Waals surface area contributed by atoms with E-state index in [9.17, 15) is 0 Å². The molecule has 0 bridgehead atoms. The normalized spacial score (nSPS) is 13.4. The highest BCUT2D eigenvalue weighted by Gasteiger charge is 2.03. The molecule has 56 valence electrons. The zero-order valence-electron chi connectivity index (χ0n) is 5.95. The van der Waals surface area contributed by atoms with Gasteiger partial charge in [-0.1, -0.05) is 17.2 Å². The largest absolute Gasteiger partial charge is 0.327 e. The van der Waals surface area contributed by atoms with E-state index in [-0.39, 0.29) is 6.04 Å². The smallest absolute Gasteiger partial charge is 0.106 e. The number of hydrogen-bond donors (Lipinski definition) is 1. The zero-order chi connectivity index (χ0) is 7.40. The lowest BCUT2D eigenvalue weighted by Gasteiger charge is -2.02. The molecular weight excluding hydrogens is 130 g/mol. The number of nitrogens with two attached hydrogens (primary N) is 1. The SMILES string of the molecule is CCC(N)Cc1cnon1. The standard InChI is InChI=1S/C6H11N3O/c1-2-5(7)3-6-4-8-10-9-6/h4-5H,2-3,7H2,1H3. The van der Waals surface area contributed by atoms with Gasteiger partial charge < -0.3 is 5.73 Å². The van der Waals surface area contributed by atoms with E-state index in [2.05, 4.69) is 14.9 Å². The molecule has 0 spiro atoms. The first-order chi connectivity index (χ1) is 4.83. The molecule has 1 rings (SSSR count). The molecule has 1 unspecified atom stereocenters. The molecule has 1 atom stereocenters. The van der Waals surface area contributed by atoms with Crippen molar-refractivity contribution in [3.05, 3.63) is 11.9 Å². The van der Waals surface area contributed by atoms with E-state index in [1.807, 2.05) is 6.92 Å². The lowest BCUT2D eigenvalue weighted by Crippen LogP contribution is -2.21. The maximum atomic E-state index is 5.65. The predicted octanol–water partition coefficient (Wildman–Crippen LogP) is 0.349. The van der Waals surface area contributed by atoms with Crippen LogP contribution in [-0.4, -0.2) is 16.4 Å². The van der Waals surface area contributed by atoms with Crippen molar-refractivity contribution < 1.29 is 4.63 Å². The van der Waals surface area contributed by atoms with Gasteiger partial charge in [-0.2, -0.15) is 0 Å². The van der Waals surface area contributed by atoms with Gasteiger partial charge in [0.05, 0.1) is 6.20 Å². The van der Waals surface area contributed by atoms with Crippen molar-refractivity contribution in [1.29, 1.82) is 0 Å². The third-order valence-corrected chi connectivity index (χ3v) is 1.40. The number of hydrogen-bond acceptors (Lipinski definition) is 4. The Hall–Kier alpha value is -0.900. The Balaban J connectivity index is 2.40. The molecule has 1 aromatic heterocycles. The molecule has 0 aliphatic rings. The average Bonchev–Trinajstić information content (AvgIpc) is 2.40. The Morgan fingerprint density at radius 2 is 2.60 bits per heavy atom. The summed E-state index contributed by atoms with van der Waals surface area (Å²) in [6.07, 6.45) is 3.29. The number of aromatic nitrogens is 2. The topological polar surface area (TPSA) is 64.9 Å². The van der Waals surface area contributed by atoms with Gasteiger partial charge in [0.15, 0.2) is 0 Å². The molecule has 2 N–H and O–H groups in total. The second-order valence-corrected chi connectivity index (χ2v) is 2.27. The van der Waals surface area contributed by atoms with Crippen LogP contribution >= 0.6 is 0 Å². The van der Waals surface area contributed by atoms with Gasteiger partial charge in [0.25, 0.3) is 0 Å². The Labute approximate surface area is 59.4 Å². The molecule has 4 nitrogen and oxygen atoms in total. The molecule has 1 heterocycles. The molecule has 0 saturated carbocycles. The van der Waals surface area contributed by atoms with E-state index < -0.39 is 0 Å². The first kappa shape index (κ1) is 7.21. The molecule has 0 saturated heterocycles. The van der Waals surface area contributed by atoms with E-state index >= 15 is 0 Å². The van der Waals surface area contributed by atoms with E-state index in [0.29, 0.717) is 0 Å². The van der Waals surface area contributed by atoms with Gasteiger partial charge in [-0.05, 0) is 6.42 Å². The minimum atomic E-state index is 0.173. The van der Waals surface area contributed by atoms with Crippen molar-refractivity contribution in [3.63, 3.8) is 0 Å². The lowest BCUT2D eigenvalue weighted by molar-refractivity contribution is 0.302. The fraction of sp³-hybridized carbons (Fsp3) is 0.667. The summed E-state index contributed by atoms with van der Waals surface area (Å²) in [6.45, 7) is 2.04. The van der Waals surface area contributed by atoms with Crippen molar-refractivity contribution in [3.8, 4) is 0 Å². The summed E-state index contributed by atoms with van der Waals surface area (Å²) in [5.41, 5.74) is 6.48. The Kier molecular flexibility index (Phi) is 2.39. The summed E-state index contributed by atoms with van der Waals surface area (Å²) in [5, 5.41) is 7.11. The van der Waals surface area contributed by atoms with Gasteiger partial charge >= 0.3 is 0 Å². The summed E-state index contributed by atoms with van der Waals surface area (Å²) in [6, 6.07) is 0.173. The van der Waals surface area contributed by atoms with Gasteiger partial charge in [-0.25, -0.2) is 4.63 Å². The number of nitrogens with zero attached hydrogens (tertiary/aromatic N) is 2. The minimum absolute atomic E-state index is 0.173. The highest BCUT2D eigenvalue weighted by Crippen LogP contribution is 1.97. The second kappa shape index (κ2) is 3.31. The minimum Gasteiger partial charge on any atom is -0.327 e. The van der Waals surface area contributed by atoms with Gasteiger partial charge in [-0.15, -0.1) is 0 Å². The maximum absolute atomic E-state index is 5.65. The van der Waals surface area contributed by atoms with E-state index in [1.54, 1.807) is 6.20 Å². The zero-order valence-corrected chi connectivity index (χ0v) is 5.95. The molecule has 0 aromatic carbocycles. The summed E-state index contributed by atoms with van der Waals surface area (Å²) in [5.74, 6) is 0. The maximum Gasteiger partial charge on any atom is 0.106 e. The van der Waals surface area contributed by atoms with Crippen molar-refractivity contribution in [2.75, 3.05) is 0 Å².